The van der Waals surface area contributed by atoms with E-state index in [2.05, 4.69) is 21.2 Å². The highest BCUT2D eigenvalue weighted by Gasteiger charge is 2.19. The molecule has 0 aliphatic heterocycles. The Morgan fingerprint density at radius 3 is 2.47 bits per heavy atom. The molecule has 2 aromatic rings. The summed E-state index contributed by atoms with van der Waals surface area (Å²) in [6.07, 6.45) is 0. The van der Waals surface area contributed by atoms with Crippen molar-refractivity contribution < 1.29 is 4.74 Å². The zero-order valence-corrected chi connectivity index (χ0v) is 13.1. The summed E-state index contributed by atoms with van der Waals surface area (Å²) in [4.78, 5) is 0. The summed E-state index contributed by atoms with van der Waals surface area (Å²) in [7, 11) is 3.59. The SMILES string of the molecule is CNC(c1ccccc1OC)c1cccc(Br)c1Cl. The molecular weight excluding hydrogens is 326 g/mol. The number of rotatable bonds is 4. The van der Waals surface area contributed by atoms with Gasteiger partial charge in [-0.05, 0) is 40.7 Å². The van der Waals surface area contributed by atoms with E-state index in [1.165, 1.54) is 0 Å². The van der Waals surface area contributed by atoms with Crippen molar-refractivity contribution in [2.75, 3.05) is 14.2 Å². The number of methoxy groups -OCH3 is 1. The lowest BCUT2D eigenvalue weighted by Crippen LogP contribution is -2.18. The molecule has 0 radical (unpaired) electrons. The van der Waals surface area contributed by atoms with Gasteiger partial charge in [0.1, 0.15) is 5.75 Å². The molecule has 1 N–H and O–H groups in total. The van der Waals surface area contributed by atoms with E-state index in [1.54, 1.807) is 7.11 Å². The highest BCUT2D eigenvalue weighted by molar-refractivity contribution is 9.10. The van der Waals surface area contributed by atoms with E-state index in [0.29, 0.717) is 5.02 Å². The van der Waals surface area contributed by atoms with Crippen LogP contribution in [0.25, 0.3) is 0 Å². The van der Waals surface area contributed by atoms with Crippen LogP contribution < -0.4 is 10.1 Å². The van der Waals surface area contributed by atoms with E-state index in [0.717, 1.165) is 21.3 Å². The Hall–Kier alpha value is -1.03. The number of nitrogens with one attached hydrogen (secondary N) is 1. The van der Waals surface area contributed by atoms with Crippen LogP contribution in [-0.2, 0) is 0 Å². The van der Waals surface area contributed by atoms with Crippen LogP contribution in [-0.4, -0.2) is 14.2 Å². The Balaban J connectivity index is 2.53. The van der Waals surface area contributed by atoms with Gasteiger partial charge in [0, 0.05) is 10.0 Å². The molecule has 1 unspecified atom stereocenters. The molecule has 4 heteroatoms. The number of benzene rings is 2. The lowest BCUT2D eigenvalue weighted by molar-refractivity contribution is 0.405. The molecule has 0 aliphatic carbocycles. The van der Waals surface area contributed by atoms with Crippen molar-refractivity contribution in [1.82, 2.24) is 5.32 Å². The molecular formula is C15H15BrClNO. The monoisotopic (exact) mass is 339 g/mol. The second-order valence-electron chi connectivity index (χ2n) is 4.11. The summed E-state index contributed by atoms with van der Waals surface area (Å²) < 4.78 is 6.32. The normalized spacial score (nSPS) is 12.2. The van der Waals surface area contributed by atoms with Gasteiger partial charge < -0.3 is 10.1 Å². The van der Waals surface area contributed by atoms with Crippen LogP contribution in [0.5, 0.6) is 5.75 Å². The number of hydrogen-bond acceptors (Lipinski definition) is 2. The topological polar surface area (TPSA) is 21.3 Å². The quantitative estimate of drug-likeness (QED) is 0.889. The summed E-state index contributed by atoms with van der Waals surface area (Å²) in [6.45, 7) is 0. The minimum absolute atomic E-state index is 0.0128. The molecule has 2 aromatic carbocycles. The first-order valence-corrected chi connectivity index (χ1v) is 7.10. The number of para-hydroxylation sites is 1. The van der Waals surface area contributed by atoms with Gasteiger partial charge in [-0.15, -0.1) is 0 Å². The smallest absolute Gasteiger partial charge is 0.123 e. The van der Waals surface area contributed by atoms with Crippen molar-refractivity contribution in [3.63, 3.8) is 0 Å². The molecule has 0 bridgehead atoms. The van der Waals surface area contributed by atoms with Gasteiger partial charge >= 0.3 is 0 Å². The van der Waals surface area contributed by atoms with Crippen LogP contribution in [0.1, 0.15) is 17.2 Å². The van der Waals surface area contributed by atoms with Crippen molar-refractivity contribution >= 4 is 27.5 Å². The van der Waals surface area contributed by atoms with E-state index in [-0.39, 0.29) is 6.04 Å². The molecule has 1 atom stereocenters. The molecule has 0 aliphatic rings. The van der Waals surface area contributed by atoms with Crippen LogP contribution >= 0.6 is 27.5 Å². The summed E-state index contributed by atoms with van der Waals surface area (Å²) in [5, 5.41) is 4.01. The molecule has 0 aromatic heterocycles. The number of halogens is 2. The maximum absolute atomic E-state index is 6.38. The van der Waals surface area contributed by atoms with E-state index in [9.17, 15) is 0 Å². The fourth-order valence-electron chi connectivity index (χ4n) is 2.13. The summed E-state index contributed by atoms with van der Waals surface area (Å²) in [6, 6.07) is 13.8. The van der Waals surface area contributed by atoms with Crippen LogP contribution in [0.3, 0.4) is 0 Å². The van der Waals surface area contributed by atoms with Crippen molar-refractivity contribution in [1.29, 1.82) is 0 Å². The first kappa shape index (κ1) is 14.4. The van der Waals surface area contributed by atoms with Crippen LogP contribution in [0.2, 0.25) is 5.02 Å². The third-order valence-corrected chi connectivity index (χ3v) is 4.34. The van der Waals surface area contributed by atoms with Gasteiger partial charge in [0.15, 0.2) is 0 Å². The summed E-state index contributed by atoms with van der Waals surface area (Å²) in [5.41, 5.74) is 2.08. The van der Waals surface area contributed by atoms with Crippen LogP contribution in [0.4, 0.5) is 0 Å². The first-order valence-electron chi connectivity index (χ1n) is 5.93. The van der Waals surface area contributed by atoms with E-state index in [1.807, 2.05) is 49.5 Å². The van der Waals surface area contributed by atoms with Crippen LogP contribution in [0, 0.1) is 0 Å². The summed E-state index contributed by atoms with van der Waals surface area (Å²) in [5.74, 6) is 0.845. The molecule has 0 fully saturated rings. The average Bonchev–Trinajstić information content (AvgIpc) is 2.45. The van der Waals surface area contributed by atoms with Crippen molar-refractivity contribution in [3.8, 4) is 5.75 Å². The average molecular weight is 341 g/mol. The Labute approximate surface area is 126 Å². The van der Waals surface area contributed by atoms with Gasteiger partial charge in [-0.1, -0.05) is 41.9 Å². The predicted octanol–water partition coefficient (Wildman–Crippen LogP) is 4.42. The molecule has 2 rings (SSSR count). The second-order valence-corrected chi connectivity index (χ2v) is 5.34. The van der Waals surface area contributed by atoms with Gasteiger partial charge in [-0.2, -0.15) is 0 Å². The predicted molar refractivity (Wildman–Crippen MR) is 83.0 cm³/mol. The van der Waals surface area contributed by atoms with Gasteiger partial charge in [0.2, 0.25) is 0 Å². The zero-order chi connectivity index (χ0) is 13.8. The Kier molecular flexibility index (Phi) is 4.86. The Morgan fingerprint density at radius 1 is 1.11 bits per heavy atom. The van der Waals surface area contributed by atoms with Gasteiger partial charge in [0.25, 0.3) is 0 Å². The minimum atomic E-state index is -0.0128. The number of hydrogen-bond donors (Lipinski definition) is 1. The lowest BCUT2D eigenvalue weighted by atomic mass is 9.98. The fraction of sp³-hybridized carbons (Fsp3) is 0.200. The molecule has 0 saturated carbocycles. The third kappa shape index (κ3) is 2.94. The maximum Gasteiger partial charge on any atom is 0.123 e. The van der Waals surface area contributed by atoms with Gasteiger partial charge in [-0.25, -0.2) is 0 Å². The van der Waals surface area contributed by atoms with E-state index >= 15 is 0 Å². The first-order chi connectivity index (χ1) is 9.19. The zero-order valence-electron chi connectivity index (χ0n) is 10.8. The van der Waals surface area contributed by atoms with E-state index < -0.39 is 0 Å². The largest absolute Gasteiger partial charge is 0.496 e. The molecule has 0 amide bonds. The van der Waals surface area contributed by atoms with Gasteiger partial charge in [-0.3, -0.25) is 0 Å². The Morgan fingerprint density at radius 2 is 1.79 bits per heavy atom. The summed E-state index contributed by atoms with van der Waals surface area (Å²) >= 11 is 9.85. The van der Waals surface area contributed by atoms with Crippen molar-refractivity contribution in [2.45, 2.75) is 6.04 Å². The maximum atomic E-state index is 6.38. The number of ether oxygens (including phenoxy) is 1. The molecule has 0 heterocycles. The van der Waals surface area contributed by atoms with Gasteiger partial charge in [0.05, 0.1) is 18.2 Å². The van der Waals surface area contributed by atoms with Crippen molar-refractivity contribution in [3.05, 3.63) is 63.1 Å². The highest BCUT2D eigenvalue weighted by Crippen LogP contribution is 2.36. The molecule has 0 saturated heterocycles. The molecule has 100 valence electrons. The van der Waals surface area contributed by atoms with Crippen LogP contribution in [0.15, 0.2) is 46.9 Å². The van der Waals surface area contributed by atoms with E-state index in [4.69, 9.17) is 16.3 Å². The fourth-order valence-corrected chi connectivity index (χ4v) is 2.74. The second kappa shape index (κ2) is 6.42. The standard InChI is InChI=1S/C15H15BrClNO/c1-18-15(10-6-3-4-9-13(10)19-2)11-7-5-8-12(16)14(11)17/h3-9,15,18H,1-2H3. The Bertz CT molecular complexity index is 574. The lowest BCUT2D eigenvalue weighted by Gasteiger charge is -2.21. The molecule has 2 nitrogen and oxygen atoms in total. The highest BCUT2D eigenvalue weighted by atomic mass is 79.9. The molecule has 19 heavy (non-hydrogen) atoms. The molecule has 0 spiro atoms. The minimum Gasteiger partial charge on any atom is -0.496 e. The third-order valence-electron chi connectivity index (χ3n) is 3.03. The van der Waals surface area contributed by atoms with Crippen molar-refractivity contribution in [2.24, 2.45) is 0 Å².